The summed E-state index contributed by atoms with van der Waals surface area (Å²) in [4.78, 5) is 13.8. The molecule has 0 radical (unpaired) electrons. The van der Waals surface area contributed by atoms with Crippen molar-refractivity contribution in [1.82, 2.24) is 4.90 Å². The molecule has 3 nitrogen and oxygen atoms in total. The minimum absolute atomic E-state index is 0.328. The molecule has 74 valence electrons. The molecule has 0 aromatic carbocycles. The molecule has 13 heavy (non-hydrogen) atoms. The van der Waals surface area contributed by atoms with Crippen molar-refractivity contribution >= 4 is 5.91 Å². The van der Waals surface area contributed by atoms with Gasteiger partial charge in [-0.15, -0.1) is 0 Å². The Labute approximate surface area is 79.3 Å². The molecular formula is C10H18N2O. The molecule has 1 amide bonds. The number of carbonyl (C=O) groups excluding carboxylic acids is 1. The van der Waals surface area contributed by atoms with Crippen LogP contribution in [0.25, 0.3) is 0 Å². The summed E-state index contributed by atoms with van der Waals surface area (Å²) in [6.07, 6.45) is 5.78. The Hall–Kier alpha value is -0.570. The van der Waals surface area contributed by atoms with Gasteiger partial charge in [0.15, 0.2) is 0 Å². The van der Waals surface area contributed by atoms with Gasteiger partial charge in [-0.3, -0.25) is 4.79 Å². The van der Waals surface area contributed by atoms with E-state index >= 15 is 0 Å². The van der Waals surface area contributed by atoms with E-state index in [-0.39, 0.29) is 0 Å². The smallest absolute Gasteiger partial charge is 0.225 e. The van der Waals surface area contributed by atoms with Crippen LogP contribution in [-0.4, -0.2) is 29.9 Å². The monoisotopic (exact) mass is 182 g/mol. The summed E-state index contributed by atoms with van der Waals surface area (Å²) < 4.78 is 0. The second kappa shape index (κ2) is 3.66. The topological polar surface area (TPSA) is 46.3 Å². The van der Waals surface area contributed by atoms with E-state index in [4.69, 9.17) is 5.73 Å². The largest absolute Gasteiger partial charge is 0.338 e. The van der Waals surface area contributed by atoms with E-state index in [1.807, 2.05) is 4.90 Å². The maximum absolute atomic E-state index is 11.9. The van der Waals surface area contributed by atoms with E-state index < -0.39 is 0 Å². The summed E-state index contributed by atoms with van der Waals surface area (Å²) >= 11 is 0. The Morgan fingerprint density at radius 2 is 2.00 bits per heavy atom. The zero-order valence-electron chi connectivity index (χ0n) is 8.04. The van der Waals surface area contributed by atoms with E-state index in [0.29, 0.717) is 24.4 Å². The van der Waals surface area contributed by atoms with Gasteiger partial charge in [0, 0.05) is 25.0 Å². The second-order valence-electron chi connectivity index (χ2n) is 4.19. The average Bonchev–Trinajstić information content (AvgIpc) is 2.54. The van der Waals surface area contributed by atoms with Crippen molar-refractivity contribution in [3.05, 3.63) is 0 Å². The SMILES string of the molecule is NCC1CCN1C(=O)C1CCCC1. The van der Waals surface area contributed by atoms with Crippen LogP contribution >= 0.6 is 0 Å². The van der Waals surface area contributed by atoms with Crippen molar-refractivity contribution in [1.29, 1.82) is 0 Å². The van der Waals surface area contributed by atoms with Crippen LogP contribution in [0, 0.1) is 5.92 Å². The first-order valence-electron chi connectivity index (χ1n) is 5.33. The van der Waals surface area contributed by atoms with Gasteiger partial charge in [-0.1, -0.05) is 12.8 Å². The fraction of sp³-hybridized carbons (Fsp3) is 0.900. The van der Waals surface area contributed by atoms with Crippen molar-refractivity contribution in [2.45, 2.75) is 38.1 Å². The zero-order chi connectivity index (χ0) is 9.26. The molecule has 0 aromatic rings. The molecule has 1 saturated heterocycles. The van der Waals surface area contributed by atoms with E-state index in [1.165, 1.54) is 12.8 Å². The van der Waals surface area contributed by atoms with Gasteiger partial charge in [0.2, 0.25) is 5.91 Å². The van der Waals surface area contributed by atoms with E-state index in [9.17, 15) is 4.79 Å². The number of hydrogen-bond donors (Lipinski definition) is 1. The molecule has 0 spiro atoms. The molecule has 2 rings (SSSR count). The third-order valence-corrected chi connectivity index (χ3v) is 3.40. The molecule has 1 unspecified atom stereocenters. The zero-order valence-corrected chi connectivity index (χ0v) is 8.04. The molecule has 1 aliphatic heterocycles. The normalized spacial score (nSPS) is 29.0. The number of amides is 1. The third-order valence-electron chi connectivity index (χ3n) is 3.40. The molecule has 2 aliphatic rings. The van der Waals surface area contributed by atoms with Crippen LogP contribution in [0.5, 0.6) is 0 Å². The standard InChI is InChI=1S/C10H18N2O/c11-7-9-5-6-12(9)10(13)8-3-1-2-4-8/h8-9H,1-7,11H2. The maximum Gasteiger partial charge on any atom is 0.225 e. The molecule has 2 N–H and O–H groups in total. The van der Waals surface area contributed by atoms with Crippen molar-refractivity contribution < 1.29 is 4.79 Å². The Kier molecular flexibility index (Phi) is 2.54. The first-order valence-corrected chi connectivity index (χ1v) is 5.33. The number of nitrogens with two attached hydrogens (primary N) is 1. The van der Waals surface area contributed by atoms with Crippen molar-refractivity contribution in [3.63, 3.8) is 0 Å². The number of hydrogen-bond acceptors (Lipinski definition) is 2. The minimum atomic E-state index is 0.328. The molecular weight excluding hydrogens is 164 g/mol. The summed E-state index contributed by atoms with van der Waals surface area (Å²) in [7, 11) is 0. The molecule has 2 fully saturated rings. The average molecular weight is 182 g/mol. The second-order valence-corrected chi connectivity index (χ2v) is 4.19. The highest BCUT2D eigenvalue weighted by Crippen LogP contribution is 2.29. The maximum atomic E-state index is 11.9. The van der Waals surface area contributed by atoms with Gasteiger partial charge >= 0.3 is 0 Å². The number of nitrogens with zero attached hydrogens (tertiary/aromatic N) is 1. The molecule has 1 saturated carbocycles. The van der Waals surface area contributed by atoms with Crippen molar-refractivity contribution in [3.8, 4) is 0 Å². The number of likely N-dealkylation sites (tertiary alicyclic amines) is 1. The molecule has 1 heterocycles. The highest BCUT2D eigenvalue weighted by Gasteiger charge is 2.35. The van der Waals surface area contributed by atoms with Gasteiger partial charge in [0.25, 0.3) is 0 Å². The Morgan fingerprint density at radius 3 is 2.46 bits per heavy atom. The first-order chi connectivity index (χ1) is 6.33. The number of carbonyl (C=O) groups is 1. The lowest BCUT2D eigenvalue weighted by Crippen LogP contribution is -2.55. The summed E-state index contributed by atoms with van der Waals surface area (Å²) in [6.45, 7) is 1.58. The fourth-order valence-electron chi connectivity index (χ4n) is 2.38. The van der Waals surface area contributed by atoms with Crippen molar-refractivity contribution in [2.75, 3.05) is 13.1 Å². The van der Waals surface area contributed by atoms with E-state index in [0.717, 1.165) is 25.8 Å². The first kappa shape index (κ1) is 9.00. The molecule has 3 heteroatoms. The van der Waals surface area contributed by atoms with Crippen LogP contribution in [0.2, 0.25) is 0 Å². The highest BCUT2D eigenvalue weighted by molar-refractivity contribution is 5.80. The lowest BCUT2D eigenvalue weighted by molar-refractivity contribution is -0.142. The van der Waals surface area contributed by atoms with Gasteiger partial charge in [0.05, 0.1) is 0 Å². The van der Waals surface area contributed by atoms with Crippen LogP contribution in [0.1, 0.15) is 32.1 Å². The molecule has 1 atom stereocenters. The quantitative estimate of drug-likeness (QED) is 0.684. The van der Waals surface area contributed by atoms with E-state index in [2.05, 4.69) is 0 Å². The Balaban J connectivity index is 1.89. The fourth-order valence-corrected chi connectivity index (χ4v) is 2.38. The summed E-state index contributed by atoms with van der Waals surface area (Å²) in [5, 5.41) is 0. The van der Waals surface area contributed by atoms with Gasteiger partial charge in [-0.25, -0.2) is 0 Å². The summed E-state index contributed by atoms with van der Waals surface area (Å²) in [5.74, 6) is 0.702. The molecule has 0 bridgehead atoms. The van der Waals surface area contributed by atoms with Gasteiger partial charge < -0.3 is 10.6 Å². The predicted octanol–water partition coefficient (Wildman–Crippen LogP) is 0.736. The van der Waals surface area contributed by atoms with Crippen LogP contribution in [-0.2, 0) is 4.79 Å². The van der Waals surface area contributed by atoms with E-state index in [1.54, 1.807) is 0 Å². The Morgan fingerprint density at radius 1 is 1.31 bits per heavy atom. The summed E-state index contributed by atoms with van der Waals surface area (Å²) in [6, 6.07) is 0.355. The lowest BCUT2D eigenvalue weighted by atomic mass is 9.98. The Bertz CT molecular complexity index is 197. The summed E-state index contributed by atoms with van der Waals surface area (Å²) in [5.41, 5.74) is 5.57. The van der Waals surface area contributed by atoms with Crippen LogP contribution in [0.4, 0.5) is 0 Å². The van der Waals surface area contributed by atoms with Crippen molar-refractivity contribution in [2.24, 2.45) is 11.7 Å². The molecule has 0 aromatic heterocycles. The number of rotatable bonds is 2. The lowest BCUT2D eigenvalue weighted by Gasteiger charge is -2.41. The van der Waals surface area contributed by atoms with Gasteiger partial charge in [-0.2, -0.15) is 0 Å². The third kappa shape index (κ3) is 1.57. The van der Waals surface area contributed by atoms with Crippen LogP contribution in [0.15, 0.2) is 0 Å². The van der Waals surface area contributed by atoms with Gasteiger partial charge in [0.1, 0.15) is 0 Å². The molecule has 1 aliphatic carbocycles. The van der Waals surface area contributed by atoms with Crippen LogP contribution in [0.3, 0.4) is 0 Å². The minimum Gasteiger partial charge on any atom is -0.338 e. The highest BCUT2D eigenvalue weighted by atomic mass is 16.2. The van der Waals surface area contributed by atoms with Gasteiger partial charge in [-0.05, 0) is 19.3 Å². The van der Waals surface area contributed by atoms with Crippen LogP contribution < -0.4 is 5.73 Å². The predicted molar refractivity (Wildman–Crippen MR) is 51.1 cm³/mol.